The van der Waals surface area contributed by atoms with Gasteiger partial charge in [-0.2, -0.15) is 0 Å². The molecule has 0 bridgehead atoms. The molecule has 1 aromatic rings. The van der Waals surface area contributed by atoms with Crippen molar-refractivity contribution in [2.75, 3.05) is 13.2 Å². The van der Waals surface area contributed by atoms with Crippen LogP contribution in [-0.2, 0) is 10.0 Å². The molecule has 0 radical (unpaired) electrons. The number of rotatable bonds is 5. The second-order valence-corrected chi connectivity index (χ2v) is 5.06. The first kappa shape index (κ1) is 13.9. The predicted molar refractivity (Wildman–Crippen MR) is 53.6 cm³/mol. The van der Waals surface area contributed by atoms with Gasteiger partial charge in [0, 0.05) is 0 Å². The molecule has 0 atom stereocenters. The first-order chi connectivity index (χ1) is 7.77. The Hall–Kier alpha value is -1.12. The molecule has 0 aliphatic rings. The van der Waals surface area contributed by atoms with E-state index in [2.05, 4.69) is 0 Å². The van der Waals surface area contributed by atoms with E-state index in [-0.39, 0.29) is 0 Å². The third kappa shape index (κ3) is 3.99. The van der Waals surface area contributed by atoms with Gasteiger partial charge in [0.25, 0.3) is 5.92 Å². The van der Waals surface area contributed by atoms with Gasteiger partial charge in [0.2, 0.25) is 10.0 Å². The molecule has 1 aromatic carbocycles. The maximum Gasteiger partial charge on any atom is 0.283 e. The summed E-state index contributed by atoms with van der Waals surface area (Å²) < 4.78 is 62.5. The fraction of sp³-hybridized carbons (Fsp3) is 0.333. The quantitative estimate of drug-likeness (QED) is 0.828. The average molecular weight is 269 g/mol. The van der Waals surface area contributed by atoms with E-state index in [1.165, 1.54) is 0 Å². The van der Waals surface area contributed by atoms with Gasteiger partial charge in [0.15, 0.2) is 0 Å². The number of benzene rings is 1. The van der Waals surface area contributed by atoms with E-state index in [0.29, 0.717) is 6.07 Å². The number of sulfonamides is 1. The number of alkyl halides is 2. The maximum atomic E-state index is 12.8. The molecule has 1 rings (SSSR count). The van der Waals surface area contributed by atoms with Gasteiger partial charge in [-0.05, 0) is 18.2 Å². The van der Waals surface area contributed by atoms with E-state index in [4.69, 9.17) is 5.11 Å². The first-order valence-corrected chi connectivity index (χ1v) is 5.99. The molecule has 0 heterocycles. The van der Waals surface area contributed by atoms with Gasteiger partial charge < -0.3 is 5.11 Å². The largest absolute Gasteiger partial charge is 0.390 e. The van der Waals surface area contributed by atoms with Crippen molar-refractivity contribution in [3.8, 4) is 0 Å². The Morgan fingerprint density at radius 1 is 1.35 bits per heavy atom. The van der Waals surface area contributed by atoms with Crippen molar-refractivity contribution >= 4 is 10.0 Å². The molecule has 2 N–H and O–H groups in total. The molecule has 0 amide bonds. The van der Waals surface area contributed by atoms with Gasteiger partial charge in [-0.25, -0.2) is 26.3 Å². The normalized spacial score (nSPS) is 12.7. The number of halogens is 3. The van der Waals surface area contributed by atoms with Gasteiger partial charge in [-0.3, -0.25) is 0 Å². The lowest BCUT2D eigenvalue weighted by Crippen LogP contribution is -2.38. The molecule has 0 aliphatic heterocycles. The minimum absolute atomic E-state index is 0.453. The highest BCUT2D eigenvalue weighted by Gasteiger charge is 2.30. The van der Waals surface area contributed by atoms with Crippen LogP contribution in [0.5, 0.6) is 0 Å². The maximum absolute atomic E-state index is 12.8. The van der Waals surface area contributed by atoms with Crippen molar-refractivity contribution in [2.45, 2.75) is 10.8 Å². The van der Waals surface area contributed by atoms with Crippen LogP contribution in [0.2, 0.25) is 0 Å². The van der Waals surface area contributed by atoms with Crippen LogP contribution in [0, 0.1) is 5.82 Å². The van der Waals surface area contributed by atoms with Gasteiger partial charge >= 0.3 is 0 Å². The molecule has 17 heavy (non-hydrogen) atoms. The van der Waals surface area contributed by atoms with Crippen LogP contribution in [0.15, 0.2) is 29.2 Å². The summed E-state index contributed by atoms with van der Waals surface area (Å²) >= 11 is 0. The number of hydrogen-bond acceptors (Lipinski definition) is 3. The van der Waals surface area contributed by atoms with Crippen LogP contribution in [0.4, 0.5) is 13.2 Å². The summed E-state index contributed by atoms with van der Waals surface area (Å²) in [5, 5.41) is 8.26. The summed E-state index contributed by atoms with van der Waals surface area (Å²) in [7, 11) is -4.21. The lowest BCUT2D eigenvalue weighted by Gasteiger charge is -2.14. The molecular formula is C9H10F3NO3S. The van der Waals surface area contributed by atoms with E-state index >= 15 is 0 Å². The van der Waals surface area contributed by atoms with Crippen LogP contribution in [0.25, 0.3) is 0 Å². The summed E-state index contributed by atoms with van der Waals surface area (Å²) in [6.07, 6.45) is 0. The minimum atomic E-state index is -4.21. The molecule has 0 fully saturated rings. The molecule has 0 saturated carbocycles. The molecule has 0 aliphatic carbocycles. The Morgan fingerprint density at radius 2 is 2.00 bits per heavy atom. The van der Waals surface area contributed by atoms with Crippen molar-refractivity contribution in [3.63, 3.8) is 0 Å². The van der Waals surface area contributed by atoms with E-state index in [9.17, 15) is 21.6 Å². The molecule has 0 spiro atoms. The zero-order valence-electron chi connectivity index (χ0n) is 8.53. The smallest absolute Gasteiger partial charge is 0.283 e. The van der Waals surface area contributed by atoms with Crippen molar-refractivity contribution in [2.24, 2.45) is 0 Å². The van der Waals surface area contributed by atoms with Crippen LogP contribution >= 0.6 is 0 Å². The van der Waals surface area contributed by atoms with Crippen molar-refractivity contribution < 1.29 is 26.7 Å². The Morgan fingerprint density at radius 3 is 2.53 bits per heavy atom. The Balaban J connectivity index is 2.83. The van der Waals surface area contributed by atoms with Gasteiger partial charge in [-0.1, -0.05) is 6.07 Å². The summed E-state index contributed by atoms with van der Waals surface area (Å²) in [5.74, 6) is -4.35. The SMILES string of the molecule is O=S(=O)(NCC(F)(F)CO)c1cccc(F)c1. The molecule has 4 nitrogen and oxygen atoms in total. The average Bonchev–Trinajstić information content (AvgIpc) is 2.27. The van der Waals surface area contributed by atoms with Crippen LogP contribution < -0.4 is 4.72 Å². The zero-order valence-corrected chi connectivity index (χ0v) is 9.35. The van der Waals surface area contributed by atoms with Crippen LogP contribution in [0.1, 0.15) is 0 Å². The van der Waals surface area contributed by atoms with Gasteiger partial charge in [0.05, 0.1) is 11.4 Å². The van der Waals surface area contributed by atoms with Gasteiger partial charge in [0.1, 0.15) is 12.4 Å². The highest BCUT2D eigenvalue weighted by molar-refractivity contribution is 7.89. The molecular weight excluding hydrogens is 259 g/mol. The summed E-state index contributed by atoms with van der Waals surface area (Å²) in [6.45, 7) is -2.72. The second kappa shape index (κ2) is 5.03. The number of aliphatic hydroxyl groups is 1. The lowest BCUT2D eigenvalue weighted by molar-refractivity contribution is -0.0437. The Labute approximate surface area is 96.1 Å². The highest BCUT2D eigenvalue weighted by atomic mass is 32.2. The van der Waals surface area contributed by atoms with Gasteiger partial charge in [-0.15, -0.1) is 0 Å². The second-order valence-electron chi connectivity index (χ2n) is 3.30. The summed E-state index contributed by atoms with van der Waals surface area (Å²) in [6, 6.07) is 3.96. The fourth-order valence-electron chi connectivity index (χ4n) is 0.974. The lowest BCUT2D eigenvalue weighted by atomic mass is 10.4. The molecule has 0 saturated heterocycles. The van der Waals surface area contributed by atoms with E-state index in [0.717, 1.165) is 18.2 Å². The standard InChI is InChI=1S/C9H10F3NO3S/c10-7-2-1-3-8(4-7)17(15,16)13-5-9(11,12)6-14/h1-4,13-14H,5-6H2. The molecule has 0 unspecified atom stereocenters. The predicted octanol–water partition coefficient (Wildman–Crippen LogP) is 0.732. The van der Waals surface area contributed by atoms with E-state index in [1.807, 2.05) is 0 Å². The van der Waals surface area contributed by atoms with Crippen LogP contribution in [0.3, 0.4) is 0 Å². The van der Waals surface area contributed by atoms with Crippen molar-refractivity contribution in [1.29, 1.82) is 0 Å². The first-order valence-electron chi connectivity index (χ1n) is 4.51. The summed E-state index contributed by atoms with van der Waals surface area (Å²) in [4.78, 5) is -0.453. The summed E-state index contributed by atoms with van der Waals surface area (Å²) in [5.41, 5.74) is 0. The minimum Gasteiger partial charge on any atom is -0.390 e. The van der Waals surface area contributed by atoms with Crippen molar-refractivity contribution in [1.82, 2.24) is 4.72 Å². The van der Waals surface area contributed by atoms with E-state index in [1.54, 1.807) is 4.72 Å². The number of nitrogens with one attached hydrogen (secondary N) is 1. The van der Waals surface area contributed by atoms with E-state index < -0.39 is 39.8 Å². The zero-order chi connectivity index (χ0) is 13.1. The highest BCUT2D eigenvalue weighted by Crippen LogP contribution is 2.14. The Kier molecular flexibility index (Phi) is 4.12. The topological polar surface area (TPSA) is 66.4 Å². The number of hydrogen-bond donors (Lipinski definition) is 2. The third-order valence-electron chi connectivity index (χ3n) is 1.86. The number of aliphatic hydroxyl groups excluding tert-OH is 1. The van der Waals surface area contributed by atoms with Crippen molar-refractivity contribution in [3.05, 3.63) is 30.1 Å². The monoisotopic (exact) mass is 269 g/mol. The third-order valence-corrected chi connectivity index (χ3v) is 3.26. The Bertz CT molecular complexity index is 490. The van der Waals surface area contributed by atoms with Crippen LogP contribution in [-0.4, -0.2) is 32.6 Å². The molecule has 96 valence electrons. The molecule has 0 aromatic heterocycles. The molecule has 8 heteroatoms. The fourth-order valence-corrected chi connectivity index (χ4v) is 2.07.